The molecule has 5 aliphatic rings. The standard InChI is InChI=1S/C27H38O7/c1-16(2)23(30)34-18-4-9-25(15-28)20-5-8-24(3)19(17-12-22(29)33-14-17)7-11-27(24,32)21(20)6-10-26(25,31)13-18/h12,15-16,18-21,31-32H,4-11,13-14H2,1-3H3/t18-,19+,20-,21+,24+,25-,26-,27-/m0/s1. The summed E-state index contributed by atoms with van der Waals surface area (Å²) in [6, 6.07) is 0. The first kappa shape index (κ1) is 24.0. The van der Waals surface area contributed by atoms with Crippen LogP contribution in [0.1, 0.15) is 78.6 Å². The lowest BCUT2D eigenvalue weighted by Crippen LogP contribution is -2.69. The van der Waals surface area contributed by atoms with E-state index < -0.39 is 22.0 Å². The Kier molecular flexibility index (Phi) is 5.56. The minimum Gasteiger partial charge on any atom is -0.462 e. The first-order chi connectivity index (χ1) is 16.0. The van der Waals surface area contributed by atoms with Gasteiger partial charge >= 0.3 is 11.9 Å². The molecule has 8 atom stereocenters. The van der Waals surface area contributed by atoms with Crippen molar-refractivity contribution in [1.82, 2.24) is 0 Å². The van der Waals surface area contributed by atoms with Gasteiger partial charge in [-0.1, -0.05) is 20.8 Å². The summed E-state index contributed by atoms with van der Waals surface area (Å²) in [5, 5.41) is 24.1. The number of hydrogen-bond donors (Lipinski definition) is 2. The van der Waals surface area contributed by atoms with Crippen LogP contribution in [0.3, 0.4) is 0 Å². The second-order valence-corrected chi connectivity index (χ2v) is 12.2. The molecule has 4 fully saturated rings. The summed E-state index contributed by atoms with van der Waals surface area (Å²) in [6.45, 7) is 6.02. The van der Waals surface area contributed by atoms with Crippen molar-refractivity contribution < 1.29 is 34.1 Å². The highest BCUT2D eigenvalue weighted by Crippen LogP contribution is 2.70. The molecule has 0 aromatic carbocycles. The maximum atomic E-state index is 12.8. The summed E-state index contributed by atoms with van der Waals surface area (Å²) in [5.74, 6) is -0.930. The predicted octanol–water partition coefficient (Wildman–Crippen LogP) is 3.11. The third kappa shape index (κ3) is 3.11. The van der Waals surface area contributed by atoms with Crippen molar-refractivity contribution in [3.05, 3.63) is 11.6 Å². The van der Waals surface area contributed by atoms with Gasteiger partial charge in [-0.2, -0.15) is 0 Å². The van der Waals surface area contributed by atoms with Gasteiger partial charge in [-0.05, 0) is 74.7 Å². The van der Waals surface area contributed by atoms with E-state index in [4.69, 9.17) is 9.47 Å². The molecule has 1 heterocycles. The van der Waals surface area contributed by atoms with Crippen molar-refractivity contribution in [1.29, 1.82) is 0 Å². The minimum atomic E-state index is -1.23. The maximum Gasteiger partial charge on any atom is 0.331 e. The van der Waals surface area contributed by atoms with Gasteiger partial charge in [0.1, 0.15) is 19.0 Å². The number of fused-ring (bicyclic) bond motifs is 5. The van der Waals surface area contributed by atoms with Crippen LogP contribution in [-0.2, 0) is 23.9 Å². The molecule has 1 aliphatic heterocycles. The van der Waals surface area contributed by atoms with Gasteiger partial charge in [0, 0.05) is 17.9 Å². The number of aldehydes is 1. The zero-order valence-electron chi connectivity index (χ0n) is 20.5. The fourth-order valence-electron chi connectivity index (χ4n) is 8.72. The van der Waals surface area contributed by atoms with Gasteiger partial charge in [0.15, 0.2) is 0 Å². The average Bonchev–Trinajstić information content (AvgIpc) is 3.33. The highest BCUT2D eigenvalue weighted by atomic mass is 16.5. The van der Waals surface area contributed by atoms with Crippen LogP contribution >= 0.6 is 0 Å². The van der Waals surface area contributed by atoms with Crippen molar-refractivity contribution in [3.8, 4) is 0 Å². The van der Waals surface area contributed by atoms with Gasteiger partial charge in [0.25, 0.3) is 0 Å². The Morgan fingerprint density at radius 1 is 1.12 bits per heavy atom. The van der Waals surface area contributed by atoms with Gasteiger partial charge in [-0.15, -0.1) is 0 Å². The number of cyclic esters (lactones) is 1. The largest absolute Gasteiger partial charge is 0.462 e. The van der Waals surface area contributed by atoms with Crippen LogP contribution in [-0.4, -0.2) is 52.4 Å². The highest BCUT2D eigenvalue weighted by molar-refractivity contribution is 5.85. The molecule has 0 spiro atoms. The third-order valence-electron chi connectivity index (χ3n) is 10.6. The van der Waals surface area contributed by atoms with Crippen LogP contribution in [0.25, 0.3) is 0 Å². The second-order valence-electron chi connectivity index (χ2n) is 12.2. The summed E-state index contributed by atoms with van der Waals surface area (Å²) in [6.07, 6.45) is 7.42. The number of ether oxygens (including phenoxy) is 2. The quantitative estimate of drug-likeness (QED) is 0.476. The van der Waals surface area contributed by atoms with Crippen molar-refractivity contribution in [3.63, 3.8) is 0 Å². The normalized spacial score (nSPS) is 47.8. The fraction of sp³-hybridized carbons (Fsp3) is 0.815. The molecule has 188 valence electrons. The molecule has 0 amide bonds. The smallest absolute Gasteiger partial charge is 0.331 e. The molecule has 0 aromatic heterocycles. The van der Waals surface area contributed by atoms with Crippen LogP contribution in [0.5, 0.6) is 0 Å². The van der Waals surface area contributed by atoms with Gasteiger partial charge in [0.05, 0.1) is 22.5 Å². The molecule has 2 N–H and O–H groups in total. The van der Waals surface area contributed by atoms with Gasteiger partial charge < -0.3 is 24.5 Å². The molecule has 0 radical (unpaired) electrons. The maximum absolute atomic E-state index is 12.8. The zero-order valence-corrected chi connectivity index (χ0v) is 20.5. The molecule has 0 bridgehead atoms. The minimum absolute atomic E-state index is 0.0871. The van der Waals surface area contributed by atoms with Gasteiger partial charge in [-0.3, -0.25) is 4.79 Å². The Morgan fingerprint density at radius 3 is 2.50 bits per heavy atom. The number of carbonyl (C=O) groups excluding carboxylic acids is 3. The van der Waals surface area contributed by atoms with E-state index in [1.807, 2.05) is 0 Å². The first-order valence-corrected chi connectivity index (χ1v) is 13.0. The molecule has 7 nitrogen and oxygen atoms in total. The Labute approximate surface area is 201 Å². The summed E-state index contributed by atoms with van der Waals surface area (Å²) in [7, 11) is 0. The van der Waals surface area contributed by atoms with Gasteiger partial charge in [0.2, 0.25) is 0 Å². The number of hydrogen-bond acceptors (Lipinski definition) is 7. The number of rotatable bonds is 4. The molecule has 0 unspecified atom stereocenters. The van der Waals surface area contributed by atoms with Crippen LogP contribution in [0, 0.1) is 34.5 Å². The molecule has 4 aliphatic carbocycles. The molecule has 34 heavy (non-hydrogen) atoms. The van der Waals surface area contributed by atoms with Crippen LogP contribution in [0.2, 0.25) is 0 Å². The highest BCUT2D eigenvalue weighted by Gasteiger charge is 2.71. The van der Waals surface area contributed by atoms with Gasteiger partial charge in [-0.25, -0.2) is 4.79 Å². The summed E-state index contributed by atoms with van der Waals surface area (Å²) >= 11 is 0. The topological polar surface area (TPSA) is 110 Å². The molecule has 0 aromatic rings. The molecule has 0 saturated heterocycles. The van der Waals surface area contributed by atoms with Crippen molar-refractivity contribution in [2.24, 2.45) is 34.5 Å². The number of carbonyl (C=O) groups is 3. The van der Waals surface area contributed by atoms with E-state index in [0.29, 0.717) is 38.7 Å². The molecule has 4 saturated carbocycles. The summed E-state index contributed by atoms with van der Waals surface area (Å²) in [4.78, 5) is 36.7. The lowest BCUT2D eigenvalue weighted by molar-refractivity contribution is -0.250. The molecule has 5 rings (SSSR count). The van der Waals surface area contributed by atoms with Crippen LogP contribution < -0.4 is 0 Å². The second kappa shape index (κ2) is 7.89. The van der Waals surface area contributed by atoms with E-state index >= 15 is 0 Å². The van der Waals surface area contributed by atoms with Crippen molar-refractivity contribution >= 4 is 18.2 Å². The SMILES string of the molecule is CC(C)C(=O)O[C@H]1CC[C@]2(C=O)[C@H]3CC[C@]4(C)[C@@H](C5=CC(=O)OC5)CC[C@]4(O)[C@@H]3CC[C@]2(O)C1. The van der Waals surface area contributed by atoms with Crippen LogP contribution in [0.4, 0.5) is 0 Å². The predicted molar refractivity (Wildman–Crippen MR) is 122 cm³/mol. The Morgan fingerprint density at radius 2 is 1.85 bits per heavy atom. The van der Waals surface area contributed by atoms with E-state index in [1.165, 1.54) is 0 Å². The number of esters is 2. The number of aliphatic hydroxyl groups is 2. The lowest BCUT2D eigenvalue weighted by atomic mass is 9.41. The van der Waals surface area contributed by atoms with Crippen LogP contribution in [0.15, 0.2) is 11.6 Å². The Hall–Kier alpha value is -1.73. The van der Waals surface area contributed by atoms with E-state index in [9.17, 15) is 24.6 Å². The molecular weight excluding hydrogens is 436 g/mol. The van der Waals surface area contributed by atoms with Crippen molar-refractivity contribution in [2.75, 3.05) is 6.61 Å². The third-order valence-corrected chi connectivity index (χ3v) is 10.6. The monoisotopic (exact) mass is 474 g/mol. The van der Waals surface area contributed by atoms with Crippen molar-refractivity contribution in [2.45, 2.75) is 95.9 Å². The molecule has 7 heteroatoms. The van der Waals surface area contributed by atoms with E-state index in [1.54, 1.807) is 19.9 Å². The first-order valence-electron chi connectivity index (χ1n) is 13.0. The zero-order chi connectivity index (χ0) is 24.5. The summed E-state index contributed by atoms with van der Waals surface area (Å²) in [5.41, 5.74) is -2.53. The van der Waals surface area contributed by atoms with E-state index in [-0.39, 0.29) is 48.1 Å². The lowest BCUT2D eigenvalue weighted by Gasteiger charge is -2.65. The fourth-order valence-corrected chi connectivity index (χ4v) is 8.72. The van der Waals surface area contributed by atoms with E-state index in [0.717, 1.165) is 31.1 Å². The Bertz CT molecular complexity index is 926. The van der Waals surface area contributed by atoms with E-state index in [2.05, 4.69) is 6.92 Å². The molecular formula is C27H38O7. The average molecular weight is 475 g/mol. The Balaban J connectivity index is 1.43. The summed E-state index contributed by atoms with van der Waals surface area (Å²) < 4.78 is 10.9.